The van der Waals surface area contributed by atoms with E-state index in [1.165, 1.54) is 25.3 Å². The van der Waals surface area contributed by atoms with Crippen LogP contribution in [0, 0.1) is 5.82 Å². The second-order valence-corrected chi connectivity index (χ2v) is 7.40. The minimum Gasteiger partial charge on any atom is -0.361 e. The maximum absolute atomic E-state index is 13.4. The zero-order valence-electron chi connectivity index (χ0n) is 14.6. The molecule has 0 aliphatic heterocycles. The highest BCUT2D eigenvalue weighted by molar-refractivity contribution is 14.0. The normalized spacial score (nSPS) is 20.5. The molecule has 1 aliphatic carbocycles. The largest absolute Gasteiger partial charge is 0.361 e. The van der Waals surface area contributed by atoms with E-state index < -0.39 is 0 Å². The van der Waals surface area contributed by atoms with Gasteiger partial charge in [-0.15, -0.1) is 24.0 Å². The molecule has 0 amide bonds. The summed E-state index contributed by atoms with van der Waals surface area (Å²) in [6, 6.07) is 5.37. The number of benzene rings is 1. The third-order valence-corrected chi connectivity index (χ3v) is 5.79. The monoisotopic (exact) mass is 476 g/mol. The molecule has 2 aromatic rings. The van der Waals surface area contributed by atoms with Crippen molar-refractivity contribution in [2.45, 2.75) is 37.0 Å². The molecule has 0 radical (unpaired) electrons. The van der Waals surface area contributed by atoms with Gasteiger partial charge in [-0.05, 0) is 55.7 Å². The summed E-state index contributed by atoms with van der Waals surface area (Å²) >= 11 is 1.95. The number of nitrogens with one attached hydrogen (secondary N) is 3. The van der Waals surface area contributed by atoms with E-state index in [-0.39, 0.29) is 29.8 Å². The first kappa shape index (κ1) is 20.4. The number of aromatic amines is 1. The van der Waals surface area contributed by atoms with Crippen LogP contribution in [0.3, 0.4) is 0 Å². The first-order valence-electron chi connectivity index (χ1n) is 8.45. The van der Waals surface area contributed by atoms with Crippen LogP contribution in [-0.4, -0.2) is 42.1 Å². The van der Waals surface area contributed by atoms with Crippen LogP contribution in [0.5, 0.6) is 0 Å². The summed E-state index contributed by atoms with van der Waals surface area (Å²) in [4.78, 5) is 7.51. The predicted octanol–water partition coefficient (Wildman–Crippen LogP) is 3.92. The van der Waals surface area contributed by atoms with Gasteiger partial charge >= 0.3 is 0 Å². The second kappa shape index (κ2) is 9.66. The predicted molar refractivity (Wildman–Crippen MR) is 117 cm³/mol. The average Bonchev–Trinajstić information content (AvgIpc) is 3.20. The number of aromatic nitrogens is 1. The number of nitrogens with zero attached hydrogens (tertiary/aromatic N) is 1. The Morgan fingerprint density at radius 2 is 2.24 bits per heavy atom. The molecule has 1 fully saturated rings. The summed E-state index contributed by atoms with van der Waals surface area (Å²) < 4.78 is 13.4. The number of hydrogen-bond donors (Lipinski definition) is 3. The van der Waals surface area contributed by atoms with Crippen molar-refractivity contribution in [1.29, 1.82) is 0 Å². The fraction of sp³-hybridized carbons (Fsp3) is 0.500. The molecule has 0 spiro atoms. The van der Waals surface area contributed by atoms with Crippen molar-refractivity contribution in [3.05, 3.63) is 35.8 Å². The molecule has 2 atom stereocenters. The maximum atomic E-state index is 13.4. The number of rotatable bonds is 5. The molecule has 138 valence electrons. The van der Waals surface area contributed by atoms with Crippen LogP contribution in [0.15, 0.2) is 29.4 Å². The molecule has 1 aromatic carbocycles. The van der Waals surface area contributed by atoms with Gasteiger partial charge in [0.05, 0.1) is 0 Å². The van der Waals surface area contributed by atoms with Crippen molar-refractivity contribution in [2.75, 3.05) is 19.8 Å². The smallest absolute Gasteiger partial charge is 0.191 e. The Bertz CT molecular complexity index is 718. The lowest BCUT2D eigenvalue weighted by molar-refractivity contribution is 0.614. The summed E-state index contributed by atoms with van der Waals surface area (Å²) in [5.74, 6) is 0.658. The zero-order chi connectivity index (χ0) is 16.9. The standard InChI is InChI=1S/C18H25FN4S.HI/c1-20-18(23-14-4-5-15(10-14)24-2)21-8-7-12-11-22-17-6-3-13(19)9-16(12)17;/h3,6,9,11,14-15,22H,4-5,7-8,10H2,1-2H3,(H2,20,21,23);1H. The first-order valence-corrected chi connectivity index (χ1v) is 9.74. The number of hydrogen-bond acceptors (Lipinski definition) is 2. The third kappa shape index (κ3) is 5.26. The number of fused-ring (bicyclic) bond motifs is 1. The summed E-state index contributed by atoms with van der Waals surface area (Å²) in [5.41, 5.74) is 2.10. The Labute approximate surface area is 169 Å². The van der Waals surface area contributed by atoms with Crippen LogP contribution < -0.4 is 10.6 Å². The van der Waals surface area contributed by atoms with E-state index in [4.69, 9.17) is 0 Å². The van der Waals surface area contributed by atoms with E-state index in [0.29, 0.717) is 6.04 Å². The summed E-state index contributed by atoms with van der Waals surface area (Å²) in [6.07, 6.45) is 8.64. The second-order valence-electron chi connectivity index (χ2n) is 6.26. The van der Waals surface area contributed by atoms with Gasteiger partial charge in [-0.3, -0.25) is 4.99 Å². The molecule has 0 bridgehead atoms. The minimum atomic E-state index is -0.196. The molecule has 25 heavy (non-hydrogen) atoms. The van der Waals surface area contributed by atoms with Gasteiger partial charge in [0.2, 0.25) is 0 Å². The van der Waals surface area contributed by atoms with Gasteiger partial charge in [0.25, 0.3) is 0 Å². The SMILES string of the molecule is CN=C(NCCc1c[nH]c2ccc(F)cc12)NC1CCC(SC)C1.I. The van der Waals surface area contributed by atoms with Crippen molar-refractivity contribution in [3.8, 4) is 0 Å². The third-order valence-electron chi connectivity index (χ3n) is 4.70. The Morgan fingerprint density at radius 3 is 2.96 bits per heavy atom. The average molecular weight is 476 g/mol. The van der Waals surface area contributed by atoms with Gasteiger partial charge < -0.3 is 15.6 Å². The van der Waals surface area contributed by atoms with Gasteiger partial charge in [0.15, 0.2) is 5.96 Å². The van der Waals surface area contributed by atoms with Crippen molar-refractivity contribution in [1.82, 2.24) is 15.6 Å². The van der Waals surface area contributed by atoms with Crippen LogP contribution >= 0.6 is 35.7 Å². The van der Waals surface area contributed by atoms with E-state index in [0.717, 1.165) is 40.6 Å². The molecule has 0 saturated heterocycles. The number of H-pyrrole nitrogens is 1. The Balaban J connectivity index is 0.00000225. The van der Waals surface area contributed by atoms with E-state index in [1.54, 1.807) is 19.2 Å². The molecule has 1 heterocycles. The number of halogens is 2. The summed E-state index contributed by atoms with van der Waals surface area (Å²) in [7, 11) is 1.80. The number of aliphatic imine (C=N–C) groups is 1. The molecule has 1 aromatic heterocycles. The molecule has 7 heteroatoms. The van der Waals surface area contributed by atoms with Crippen LogP contribution in [0.25, 0.3) is 10.9 Å². The zero-order valence-corrected chi connectivity index (χ0v) is 17.8. The van der Waals surface area contributed by atoms with Crippen molar-refractivity contribution < 1.29 is 4.39 Å². The minimum absolute atomic E-state index is 0. The lowest BCUT2D eigenvalue weighted by atomic mass is 10.1. The fourth-order valence-corrected chi connectivity index (χ4v) is 4.14. The summed E-state index contributed by atoms with van der Waals surface area (Å²) in [5, 5.41) is 8.61. The molecule has 2 unspecified atom stereocenters. The summed E-state index contributed by atoms with van der Waals surface area (Å²) in [6.45, 7) is 0.766. The highest BCUT2D eigenvalue weighted by Crippen LogP contribution is 2.28. The lowest BCUT2D eigenvalue weighted by Crippen LogP contribution is -2.43. The topological polar surface area (TPSA) is 52.2 Å². The first-order chi connectivity index (χ1) is 11.7. The number of thioether (sulfide) groups is 1. The van der Waals surface area contributed by atoms with Crippen LogP contribution in [0.1, 0.15) is 24.8 Å². The van der Waals surface area contributed by atoms with E-state index >= 15 is 0 Å². The highest BCUT2D eigenvalue weighted by atomic mass is 127. The molecule has 3 N–H and O–H groups in total. The van der Waals surface area contributed by atoms with Gasteiger partial charge in [-0.25, -0.2) is 4.39 Å². The molecule has 3 rings (SSSR count). The van der Waals surface area contributed by atoms with Gasteiger partial charge in [0, 0.05) is 42.0 Å². The lowest BCUT2D eigenvalue weighted by Gasteiger charge is -2.17. The van der Waals surface area contributed by atoms with Crippen LogP contribution in [-0.2, 0) is 6.42 Å². The maximum Gasteiger partial charge on any atom is 0.191 e. The molecule has 1 aliphatic rings. The fourth-order valence-electron chi connectivity index (χ4n) is 3.35. The van der Waals surface area contributed by atoms with Crippen molar-refractivity contribution in [3.63, 3.8) is 0 Å². The molecular weight excluding hydrogens is 450 g/mol. The van der Waals surface area contributed by atoms with E-state index in [2.05, 4.69) is 26.9 Å². The van der Waals surface area contributed by atoms with Gasteiger partial charge in [-0.1, -0.05) is 0 Å². The van der Waals surface area contributed by atoms with E-state index in [1.807, 2.05) is 18.0 Å². The van der Waals surface area contributed by atoms with Crippen LogP contribution in [0.2, 0.25) is 0 Å². The highest BCUT2D eigenvalue weighted by Gasteiger charge is 2.24. The quantitative estimate of drug-likeness (QED) is 0.349. The molecular formula is C18H26FIN4S. The van der Waals surface area contributed by atoms with Gasteiger partial charge in [-0.2, -0.15) is 11.8 Å². The van der Waals surface area contributed by atoms with Crippen molar-refractivity contribution in [2.24, 2.45) is 4.99 Å². The Morgan fingerprint density at radius 1 is 1.40 bits per heavy atom. The number of guanidine groups is 1. The Hall–Kier alpha value is -0.960. The Kier molecular flexibility index (Phi) is 7.86. The van der Waals surface area contributed by atoms with Gasteiger partial charge in [0.1, 0.15) is 5.82 Å². The molecule has 1 saturated carbocycles. The molecule has 4 nitrogen and oxygen atoms in total. The van der Waals surface area contributed by atoms with Crippen LogP contribution in [0.4, 0.5) is 4.39 Å². The van der Waals surface area contributed by atoms with E-state index in [9.17, 15) is 4.39 Å². The van der Waals surface area contributed by atoms with Crippen molar-refractivity contribution >= 4 is 52.6 Å².